The van der Waals surface area contributed by atoms with Gasteiger partial charge in [0.2, 0.25) is 10.0 Å². The Labute approximate surface area is 153 Å². The largest absolute Gasteiger partial charge is 0.489 e. The van der Waals surface area contributed by atoms with Gasteiger partial charge in [-0.05, 0) is 37.5 Å². The molecule has 0 bridgehead atoms. The molecule has 25 heavy (non-hydrogen) atoms. The molecule has 0 spiro atoms. The fraction of sp³-hybridized carbons (Fsp3) is 0.562. The fourth-order valence-corrected chi connectivity index (χ4v) is 3.68. The molecule has 1 aliphatic rings. The second-order valence-corrected chi connectivity index (χ2v) is 8.35. The van der Waals surface area contributed by atoms with Crippen molar-refractivity contribution in [2.75, 3.05) is 32.5 Å². The van der Waals surface area contributed by atoms with Crippen LogP contribution in [-0.2, 0) is 10.0 Å². The van der Waals surface area contributed by atoms with Gasteiger partial charge in [-0.1, -0.05) is 11.6 Å². The molecule has 0 aromatic heterocycles. The summed E-state index contributed by atoms with van der Waals surface area (Å²) < 4.78 is 30.3. The molecule has 0 saturated carbocycles. The minimum Gasteiger partial charge on any atom is -0.489 e. The van der Waals surface area contributed by atoms with Crippen LogP contribution >= 0.6 is 11.6 Å². The average molecular weight is 391 g/mol. The zero-order valence-electron chi connectivity index (χ0n) is 14.1. The van der Waals surface area contributed by atoms with Crippen LogP contribution < -0.4 is 10.1 Å². The van der Waals surface area contributed by atoms with E-state index in [0.29, 0.717) is 55.2 Å². The number of hydrogen-bond acceptors (Lipinski definition) is 5. The predicted molar refractivity (Wildman–Crippen MR) is 95.6 cm³/mol. The standard InChI is InChI=1S/C16H23ClN2O5S/c1-25(22,23)19-8-5-13(6-9-19)24-15-4-3-12(11-14(15)17)16(21)18-7-2-10-20/h3-4,11,13,20H,2,5-10H2,1H3,(H,18,21). The third kappa shape index (κ3) is 5.85. The maximum absolute atomic E-state index is 11.9. The van der Waals surface area contributed by atoms with Crippen LogP contribution in [0.2, 0.25) is 5.02 Å². The van der Waals surface area contributed by atoms with E-state index in [2.05, 4.69) is 5.32 Å². The van der Waals surface area contributed by atoms with E-state index in [0.717, 1.165) is 0 Å². The summed E-state index contributed by atoms with van der Waals surface area (Å²) in [7, 11) is -3.16. The molecule has 0 unspecified atom stereocenters. The first-order valence-corrected chi connectivity index (χ1v) is 10.3. The lowest BCUT2D eigenvalue weighted by Crippen LogP contribution is -2.41. The molecule has 0 aliphatic carbocycles. The molecule has 7 nitrogen and oxygen atoms in total. The number of rotatable bonds is 7. The highest BCUT2D eigenvalue weighted by molar-refractivity contribution is 7.88. The fourth-order valence-electron chi connectivity index (χ4n) is 2.58. The number of ether oxygens (including phenoxy) is 1. The molecular weight excluding hydrogens is 368 g/mol. The lowest BCUT2D eigenvalue weighted by Gasteiger charge is -2.30. The van der Waals surface area contributed by atoms with Crippen LogP contribution in [0.3, 0.4) is 0 Å². The molecule has 9 heteroatoms. The number of carbonyl (C=O) groups excluding carboxylic acids is 1. The first-order valence-electron chi connectivity index (χ1n) is 8.11. The van der Waals surface area contributed by atoms with E-state index in [1.807, 2.05) is 0 Å². The molecule has 1 heterocycles. The van der Waals surface area contributed by atoms with Crippen LogP contribution in [0.1, 0.15) is 29.6 Å². The topological polar surface area (TPSA) is 95.9 Å². The van der Waals surface area contributed by atoms with Crippen molar-refractivity contribution in [3.63, 3.8) is 0 Å². The number of halogens is 1. The maximum Gasteiger partial charge on any atom is 0.251 e. The van der Waals surface area contributed by atoms with E-state index in [1.54, 1.807) is 12.1 Å². The predicted octanol–water partition coefficient (Wildman–Crippen LogP) is 1.26. The molecule has 0 atom stereocenters. The van der Waals surface area contributed by atoms with E-state index in [9.17, 15) is 13.2 Å². The van der Waals surface area contributed by atoms with E-state index in [4.69, 9.17) is 21.4 Å². The zero-order valence-corrected chi connectivity index (χ0v) is 15.6. The Morgan fingerprint density at radius 2 is 2.08 bits per heavy atom. The molecule has 1 aromatic rings. The molecule has 1 fully saturated rings. The average Bonchev–Trinajstić information content (AvgIpc) is 2.56. The molecule has 1 amide bonds. The lowest BCUT2D eigenvalue weighted by atomic mass is 10.1. The summed E-state index contributed by atoms with van der Waals surface area (Å²) in [5.41, 5.74) is 0.419. The van der Waals surface area contributed by atoms with Gasteiger partial charge in [0.15, 0.2) is 0 Å². The number of aliphatic hydroxyl groups excluding tert-OH is 1. The molecule has 0 radical (unpaired) electrons. The van der Waals surface area contributed by atoms with Crippen LogP contribution in [-0.4, -0.2) is 62.3 Å². The van der Waals surface area contributed by atoms with Gasteiger partial charge in [0.1, 0.15) is 11.9 Å². The number of benzene rings is 1. The number of hydrogen-bond donors (Lipinski definition) is 2. The number of nitrogens with zero attached hydrogens (tertiary/aromatic N) is 1. The highest BCUT2D eigenvalue weighted by Gasteiger charge is 2.26. The Hall–Kier alpha value is -1.35. The van der Waals surface area contributed by atoms with Crippen molar-refractivity contribution in [2.45, 2.75) is 25.4 Å². The van der Waals surface area contributed by atoms with Crippen molar-refractivity contribution in [2.24, 2.45) is 0 Å². The van der Waals surface area contributed by atoms with Crippen LogP contribution in [0.15, 0.2) is 18.2 Å². The highest BCUT2D eigenvalue weighted by Crippen LogP contribution is 2.28. The van der Waals surface area contributed by atoms with E-state index >= 15 is 0 Å². The van der Waals surface area contributed by atoms with Gasteiger partial charge in [-0.2, -0.15) is 0 Å². The van der Waals surface area contributed by atoms with Crippen molar-refractivity contribution >= 4 is 27.5 Å². The molecule has 1 aromatic carbocycles. The van der Waals surface area contributed by atoms with Gasteiger partial charge in [-0.3, -0.25) is 4.79 Å². The van der Waals surface area contributed by atoms with Crippen LogP contribution in [0.4, 0.5) is 0 Å². The number of piperidine rings is 1. The summed E-state index contributed by atoms with van der Waals surface area (Å²) in [5.74, 6) is 0.217. The molecule has 2 rings (SSSR count). The Bertz CT molecular complexity index is 702. The summed E-state index contributed by atoms with van der Waals surface area (Å²) in [6.45, 7) is 1.26. The van der Waals surface area contributed by atoms with Crippen LogP contribution in [0.5, 0.6) is 5.75 Å². The third-order valence-electron chi connectivity index (χ3n) is 3.98. The Morgan fingerprint density at radius 3 is 2.64 bits per heavy atom. The van der Waals surface area contributed by atoms with Gasteiger partial charge in [0.05, 0.1) is 11.3 Å². The van der Waals surface area contributed by atoms with Gasteiger partial charge in [-0.15, -0.1) is 0 Å². The minimum absolute atomic E-state index is 0.0198. The number of nitrogens with one attached hydrogen (secondary N) is 1. The van der Waals surface area contributed by atoms with Gasteiger partial charge < -0.3 is 15.2 Å². The Morgan fingerprint density at radius 1 is 1.40 bits per heavy atom. The molecule has 1 saturated heterocycles. The van der Waals surface area contributed by atoms with E-state index in [1.165, 1.54) is 16.6 Å². The van der Waals surface area contributed by atoms with Crippen LogP contribution in [0, 0.1) is 0 Å². The number of sulfonamides is 1. The zero-order chi connectivity index (χ0) is 18.4. The van der Waals surface area contributed by atoms with Crippen molar-refractivity contribution < 1.29 is 23.1 Å². The normalized spacial score (nSPS) is 16.6. The molecule has 1 aliphatic heterocycles. The van der Waals surface area contributed by atoms with E-state index < -0.39 is 10.0 Å². The molecule has 140 valence electrons. The van der Waals surface area contributed by atoms with Gasteiger partial charge in [-0.25, -0.2) is 12.7 Å². The summed E-state index contributed by atoms with van der Waals surface area (Å²) >= 11 is 6.20. The van der Waals surface area contributed by atoms with Gasteiger partial charge in [0.25, 0.3) is 5.91 Å². The molecule has 2 N–H and O–H groups in total. The Kier molecular flexibility index (Phi) is 7.06. The number of aliphatic hydroxyl groups is 1. The SMILES string of the molecule is CS(=O)(=O)N1CCC(Oc2ccc(C(=O)NCCCO)cc2Cl)CC1. The minimum atomic E-state index is -3.16. The second kappa shape index (κ2) is 8.84. The summed E-state index contributed by atoms with van der Waals surface area (Å²) in [6, 6.07) is 4.81. The number of carbonyl (C=O) groups is 1. The van der Waals surface area contributed by atoms with E-state index in [-0.39, 0.29) is 18.6 Å². The monoisotopic (exact) mass is 390 g/mol. The molecular formula is C16H23ClN2O5S. The highest BCUT2D eigenvalue weighted by atomic mass is 35.5. The first-order chi connectivity index (χ1) is 11.8. The van der Waals surface area contributed by atoms with Crippen molar-refractivity contribution in [1.82, 2.24) is 9.62 Å². The first kappa shape index (κ1) is 20.0. The smallest absolute Gasteiger partial charge is 0.251 e. The quantitative estimate of drug-likeness (QED) is 0.683. The van der Waals surface area contributed by atoms with Crippen molar-refractivity contribution in [1.29, 1.82) is 0 Å². The Balaban J connectivity index is 1.92. The lowest BCUT2D eigenvalue weighted by molar-refractivity contribution is 0.0951. The van der Waals surface area contributed by atoms with Crippen LogP contribution in [0.25, 0.3) is 0 Å². The summed E-state index contributed by atoms with van der Waals surface area (Å²) in [5, 5.41) is 11.7. The van der Waals surface area contributed by atoms with Gasteiger partial charge >= 0.3 is 0 Å². The summed E-state index contributed by atoms with van der Waals surface area (Å²) in [4.78, 5) is 11.9. The van der Waals surface area contributed by atoms with Gasteiger partial charge in [0, 0.05) is 31.8 Å². The number of amides is 1. The maximum atomic E-state index is 11.9. The summed E-state index contributed by atoms with van der Waals surface area (Å²) in [6.07, 6.45) is 2.77. The van der Waals surface area contributed by atoms with Crippen molar-refractivity contribution in [3.05, 3.63) is 28.8 Å². The third-order valence-corrected chi connectivity index (χ3v) is 5.58. The second-order valence-electron chi connectivity index (χ2n) is 5.96. The van der Waals surface area contributed by atoms with Crippen molar-refractivity contribution in [3.8, 4) is 5.75 Å².